The van der Waals surface area contributed by atoms with E-state index < -0.39 is 0 Å². The second-order valence-electron chi connectivity index (χ2n) is 4.66. The van der Waals surface area contributed by atoms with Crippen LogP contribution in [-0.4, -0.2) is 17.8 Å². The van der Waals surface area contributed by atoms with E-state index in [-0.39, 0.29) is 0 Å². The zero-order valence-electron chi connectivity index (χ0n) is 9.91. The molecule has 16 heavy (non-hydrogen) atoms. The lowest BCUT2D eigenvalue weighted by atomic mass is 10.0. The van der Waals surface area contributed by atoms with Gasteiger partial charge >= 0.3 is 0 Å². The van der Waals surface area contributed by atoms with E-state index in [4.69, 9.17) is 4.74 Å². The lowest BCUT2D eigenvalue weighted by Gasteiger charge is -2.09. The number of benzene rings is 1. The molecule has 88 valence electrons. The fraction of sp³-hybridized carbons (Fsp3) is 0.571. The number of rotatable bonds is 4. The zero-order chi connectivity index (χ0) is 11.4. The third-order valence-corrected chi connectivity index (χ3v) is 3.24. The smallest absolute Gasteiger partial charge is 0.119 e. The first-order chi connectivity index (χ1) is 7.75. The van der Waals surface area contributed by atoms with Crippen LogP contribution >= 0.6 is 0 Å². The highest BCUT2D eigenvalue weighted by Crippen LogP contribution is 2.22. The summed E-state index contributed by atoms with van der Waals surface area (Å²) in [6.07, 6.45) is 6.05. The van der Waals surface area contributed by atoms with E-state index in [0.29, 0.717) is 11.9 Å². The Balaban J connectivity index is 1.80. The van der Waals surface area contributed by atoms with Gasteiger partial charge in [-0.25, -0.2) is 0 Å². The lowest BCUT2D eigenvalue weighted by molar-refractivity contribution is 0.102. The second-order valence-corrected chi connectivity index (χ2v) is 4.66. The summed E-state index contributed by atoms with van der Waals surface area (Å²) in [5, 5.41) is 9.75. The van der Waals surface area contributed by atoms with Gasteiger partial charge in [-0.3, -0.25) is 0 Å². The van der Waals surface area contributed by atoms with Gasteiger partial charge in [-0.05, 0) is 56.2 Å². The van der Waals surface area contributed by atoms with E-state index in [1.54, 1.807) is 0 Å². The number of aryl methyl sites for hydroxylation is 2. The Kier molecular flexibility index (Phi) is 3.83. The third kappa shape index (κ3) is 2.99. The number of phenols is 1. The normalized spacial score (nSPS) is 20.2. The van der Waals surface area contributed by atoms with Crippen LogP contribution in [-0.2, 0) is 11.2 Å². The van der Waals surface area contributed by atoms with Gasteiger partial charge < -0.3 is 9.84 Å². The lowest BCUT2D eigenvalue weighted by Crippen LogP contribution is -2.04. The fourth-order valence-corrected chi connectivity index (χ4v) is 2.28. The first-order valence-electron chi connectivity index (χ1n) is 6.16. The summed E-state index contributed by atoms with van der Waals surface area (Å²) in [5.41, 5.74) is 2.17. The topological polar surface area (TPSA) is 29.5 Å². The van der Waals surface area contributed by atoms with E-state index in [1.165, 1.54) is 12.8 Å². The third-order valence-electron chi connectivity index (χ3n) is 3.24. The molecule has 1 atom stereocenters. The number of ether oxygens (including phenoxy) is 1. The minimum Gasteiger partial charge on any atom is -0.508 e. The Morgan fingerprint density at radius 1 is 1.44 bits per heavy atom. The molecule has 0 saturated carbocycles. The van der Waals surface area contributed by atoms with Gasteiger partial charge in [0.2, 0.25) is 0 Å². The van der Waals surface area contributed by atoms with Crippen LogP contribution < -0.4 is 0 Å². The first kappa shape index (κ1) is 11.5. The van der Waals surface area contributed by atoms with Gasteiger partial charge in [0.15, 0.2) is 0 Å². The number of aromatic hydroxyl groups is 1. The van der Waals surface area contributed by atoms with Crippen molar-refractivity contribution in [1.82, 2.24) is 0 Å². The Morgan fingerprint density at radius 2 is 2.31 bits per heavy atom. The van der Waals surface area contributed by atoms with Gasteiger partial charge in [-0.15, -0.1) is 0 Å². The van der Waals surface area contributed by atoms with Crippen LogP contribution in [0.4, 0.5) is 0 Å². The highest BCUT2D eigenvalue weighted by molar-refractivity contribution is 5.35. The van der Waals surface area contributed by atoms with E-state index in [9.17, 15) is 5.11 Å². The Hall–Kier alpha value is -1.02. The summed E-state index contributed by atoms with van der Waals surface area (Å²) < 4.78 is 5.58. The highest BCUT2D eigenvalue weighted by atomic mass is 16.5. The predicted octanol–water partition coefficient (Wildman–Crippen LogP) is 3.20. The molecule has 1 aliphatic heterocycles. The van der Waals surface area contributed by atoms with Crippen molar-refractivity contribution in [1.29, 1.82) is 0 Å². The molecule has 2 heteroatoms. The van der Waals surface area contributed by atoms with Crippen LogP contribution in [0.3, 0.4) is 0 Å². The van der Waals surface area contributed by atoms with Crippen molar-refractivity contribution in [3.05, 3.63) is 29.3 Å². The molecule has 0 aliphatic carbocycles. The number of phenolic OH excluding ortho intramolecular Hbond substituents is 1. The fourth-order valence-electron chi connectivity index (χ4n) is 2.28. The van der Waals surface area contributed by atoms with Crippen molar-refractivity contribution in [3.8, 4) is 5.75 Å². The molecule has 0 spiro atoms. The molecular weight excluding hydrogens is 200 g/mol. The Bertz CT molecular complexity index is 341. The summed E-state index contributed by atoms with van der Waals surface area (Å²) in [6.45, 7) is 2.93. The van der Waals surface area contributed by atoms with E-state index in [2.05, 4.69) is 6.07 Å². The van der Waals surface area contributed by atoms with Gasteiger partial charge in [0.1, 0.15) is 5.75 Å². The maximum Gasteiger partial charge on any atom is 0.119 e. The van der Waals surface area contributed by atoms with Crippen molar-refractivity contribution in [2.45, 2.75) is 45.1 Å². The van der Waals surface area contributed by atoms with Crippen LogP contribution in [0.15, 0.2) is 18.2 Å². The average molecular weight is 220 g/mol. The summed E-state index contributed by atoms with van der Waals surface area (Å²) in [4.78, 5) is 0. The van der Waals surface area contributed by atoms with Crippen molar-refractivity contribution >= 4 is 0 Å². The maximum atomic E-state index is 9.75. The van der Waals surface area contributed by atoms with Gasteiger partial charge in [-0.1, -0.05) is 12.1 Å². The quantitative estimate of drug-likeness (QED) is 0.844. The standard InChI is InChI=1S/C14H20O2/c1-11-7-8-12(14(15)10-11)4-2-5-13-6-3-9-16-13/h7-8,10,13,15H,2-6,9H2,1H3. The molecule has 1 N–H and O–H groups in total. The van der Waals surface area contributed by atoms with Crippen molar-refractivity contribution in [3.63, 3.8) is 0 Å². The molecule has 1 saturated heterocycles. The Labute approximate surface area is 97.3 Å². The SMILES string of the molecule is Cc1ccc(CCCC2CCCO2)c(O)c1. The van der Waals surface area contributed by atoms with Crippen LogP contribution in [0.2, 0.25) is 0 Å². The van der Waals surface area contributed by atoms with Crippen LogP contribution in [0.25, 0.3) is 0 Å². The molecule has 0 bridgehead atoms. The molecule has 1 aliphatic rings. The van der Waals surface area contributed by atoms with Gasteiger partial charge in [0.05, 0.1) is 6.10 Å². The Morgan fingerprint density at radius 3 is 3.00 bits per heavy atom. The summed E-state index contributed by atoms with van der Waals surface area (Å²) >= 11 is 0. The average Bonchev–Trinajstić information content (AvgIpc) is 2.74. The first-order valence-corrected chi connectivity index (χ1v) is 6.16. The van der Waals surface area contributed by atoms with Crippen molar-refractivity contribution in [2.75, 3.05) is 6.61 Å². The highest BCUT2D eigenvalue weighted by Gasteiger charge is 2.14. The molecule has 1 heterocycles. The van der Waals surface area contributed by atoms with Crippen LogP contribution in [0.5, 0.6) is 5.75 Å². The van der Waals surface area contributed by atoms with Gasteiger partial charge in [-0.2, -0.15) is 0 Å². The molecular formula is C14H20O2. The largest absolute Gasteiger partial charge is 0.508 e. The second kappa shape index (κ2) is 5.35. The van der Waals surface area contributed by atoms with E-state index in [1.807, 2.05) is 19.1 Å². The van der Waals surface area contributed by atoms with Crippen LogP contribution in [0, 0.1) is 6.92 Å². The summed E-state index contributed by atoms with van der Waals surface area (Å²) in [6, 6.07) is 5.92. The maximum absolute atomic E-state index is 9.75. The minimum atomic E-state index is 0.437. The monoisotopic (exact) mass is 220 g/mol. The van der Waals surface area contributed by atoms with Crippen LogP contribution in [0.1, 0.15) is 36.8 Å². The molecule has 1 unspecified atom stereocenters. The van der Waals surface area contributed by atoms with Gasteiger partial charge in [0, 0.05) is 6.61 Å². The van der Waals surface area contributed by atoms with E-state index >= 15 is 0 Å². The van der Waals surface area contributed by atoms with Crippen molar-refractivity contribution < 1.29 is 9.84 Å². The summed E-state index contributed by atoms with van der Waals surface area (Å²) in [7, 11) is 0. The minimum absolute atomic E-state index is 0.437. The van der Waals surface area contributed by atoms with Gasteiger partial charge in [0.25, 0.3) is 0 Å². The molecule has 0 aromatic heterocycles. The molecule has 0 radical (unpaired) electrons. The number of hydrogen-bond acceptors (Lipinski definition) is 2. The predicted molar refractivity (Wildman–Crippen MR) is 64.8 cm³/mol. The van der Waals surface area contributed by atoms with E-state index in [0.717, 1.165) is 37.0 Å². The molecule has 1 aromatic rings. The summed E-state index contributed by atoms with van der Waals surface area (Å²) in [5.74, 6) is 0.437. The molecule has 0 amide bonds. The molecule has 1 fully saturated rings. The number of hydrogen-bond donors (Lipinski definition) is 1. The molecule has 1 aromatic carbocycles. The molecule has 2 rings (SSSR count). The van der Waals surface area contributed by atoms with Crippen molar-refractivity contribution in [2.24, 2.45) is 0 Å². The molecule has 2 nitrogen and oxygen atoms in total. The zero-order valence-corrected chi connectivity index (χ0v) is 9.91.